The fourth-order valence-corrected chi connectivity index (χ4v) is 3.51. The zero-order valence-electron chi connectivity index (χ0n) is 14.8. The van der Waals surface area contributed by atoms with Crippen molar-refractivity contribution in [2.24, 2.45) is 0 Å². The highest BCUT2D eigenvalue weighted by molar-refractivity contribution is 5.96. The average Bonchev–Trinajstić information content (AvgIpc) is 3.44. The summed E-state index contributed by atoms with van der Waals surface area (Å²) in [6, 6.07) is 17.5. The van der Waals surface area contributed by atoms with E-state index in [0.29, 0.717) is 6.04 Å². The number of hydrogen-bond acceptors (Lipinski definition) is 4. The minimum absolute atomic E-state index is 0.265. The second kappa shape index (κ2) is 5.84. The van der Waals surface area contributed by atoms with E-state index in [0.717, 1.165) is 51.9 Å². The van der Waals surface area contributed by atoms with Gasteiger partial charge in [0.15, 0.2) is 5.76 Å². The van der Waals surface area contributed by atoms with Crippen LogP contribution in [0, 0.1) is 0 Å². The van der Waals surface area contributed by atoms with Crippen molar-refractivity contribution in [2.75, 3.05) is 11.9 Å². The molecule has 2 aromatic heterocycles. The molecule has 1 saturated carbocycles. The summed E-state index contributed by atoms with van der Waals surface area (Å²) in [4.78, 5) is 18.4. The molecule has 1 aliphatic rings. The van der Waals surface area contributed by atoms with Gasteiger partial charge in [-0.2, -0.15) is 0 Å². The quantitative estimate of drug-likeness (QED) is 0.559. The van der Waals surface area contributed by atoms with E-state index in [2.05, 4.69) is 11.9 Å². The van der Waals surface area contributed by atoms with Crippen LogP contribution < -0.4 is 4.90 Å². The molecule has 5 nitrogen and oxygen atoms in total. The van der Waals surface area contributed by atoms with Crippen molar-refractivity contribution in [3.8, 4) is 11.5 Å². The second-order valence-electron chi connectivity index (χ2n) is 7.06. The maximum atomic E-state index is 11.3. The van der Waals surface area contributed by atoms with Gasteiger partial charge in [0.1, 0.15) is 11.3 Å². The molecule has 2 aromatic carbocycles. The number of nitrogens with zero attached hydrogens (tertiary/aromatic N) is 2. The maximum absolute atomic E-state index is 11.3. The SMILES string of the molecule is CN(c1cc2cc(C(=O)O)ccc2nc1-c1cc2ccccc2o1)C1CC1. The molecule has 5 heteroatoms. The lowest BCUT2D eigenvalue weighted by Gasteiger charge is -2.21. The van der Waals surface area contributed by atoms with Crippen LogP contribution in [-0.2, 0) is 0 Å². The van der Waals surface area contributed by atoms with E-state index in [-0.39, 0.29) is 5.56 Å². The zero-order valence-corrected chi connectivity index (χ0v) is 14.8. The Labute approximate surface area is 155 Å². The van der Waals surface area contributed by atoms with Gasteiger partial charge >= 0.3 is 5.97 Å². The standard InChI is InChI=1S/C22H18N2O3/c1-24(16-7-8-16)18-11-15-10-14(22(25)26)6-9-17(15)23-21(18)20-12-13-4-2-3-5-19(13)27-20/h2-6,9-12,16H,7-8H2,1H3,(H,25,26). The maximum Gasteiger partial charge on any atom is 0.335 e. The van der Waals surface area contributed by atoms with E-state index >= 15 is 0 Å². The van der Waals surface area contributed by atoms with E-state index in [1.54, 1.807) is 18.2 Å². The molecule has 27 heavy (non-hydrogen) atoms. The number of benzene rings is 2. The summed E-state index contributed by atoms with van der Waals surface area (Å²) in [6.45, 7) is 0. The molecule has 5 rings (SSSR count). The first-order chi connectivity index (χ1) is 13.1. The number of rotatable bonds is 4. The van der Waals surface area contributed by atoms with Crippen molar-refractivity contribution in [3.63, 3.8) is 0 Å². The molecule has 0 radical (unpaired) electrons. The first-order valence-electron chi connectivity index (χ1n) is 9.00. The van der Waals surface area contributed by atoms with Gasteiger partial charge in [-0.05, 0) is 49.2 Å². The Balaban J connectivity index is 1.74. The van der Waals surface area contributed by atoms with Gasteiger partial charge in [0.05, 0.1) is 16.8 Å². The molecule has 1 aliphatic carbocycles. The second-order valence-corrected chi connectivity index (χ2v) is 7.06. The number of furan rings is 1. The van der Waals surface area contributed by atoms with Gasteiger partial charge in [-0.3, -0.25) is 0 Å². The van der Waals surface area contributed by atoms with Gasteiger partial charge in [0.25, 0.3) is 0 Å². The summed E-state index contributed by atoms with van der Waals surface area (Å²) in [5.74, 6) is -0.210. The molecule has 0 saturated heterocycles. The van der Waals surface area contributed by atoms with Crippen LogP contribution in [0.4, 0.5) is 5.69 Å². The van der Waals surface area contributed by atoms with Crippen LogP contribution >= 0.6 is 0 Å². The number of aromatic carboxylic acids is 1. The van der Waals surface area contributed by atoms with E-state index in [9.17, 15) is 9.90 Å². The van der Waals surface area contributed by atoms with E-state index in [4.69, 9.17) is 9.40 Å². The van der Waals surface area contributed by atoms with Crippen LogP contribution in [0.1, 0.15) is 23.2 Å². The van der Waals surface area contributed by atoms with Gasteiger partial charge in [0, 0.05) is 23.9 Å². The van der Waals surface area contributed by atoms with Crippen molar-refractivity contribution >= 4 is 33.5 Å². The Kier molecular flexibility index (Phi) is 3.44. The Bertz CT molecular complexity index is 1160. The molecule has 2 heterocycles. The largest absolute Gasteiger partial charge is 0.478 e. The lowest BCUT2D eigenvalue weighted by molar-refractivity contribution is 0.0697. The summed E-state index contributed by atoms with van der Waals surface area (Å²) >= 11 is 0. The van der Waals surface area contributed by atoms with Gasteiger partial charge in [-0.25, -0.2) is 9.78 Å². The highest BCUT2D eigenvalue weighted by Gasteiger charge is 2.29. The first kappa shape index (κ1) is 15.9. The van der Waals surface area contributed by atoms with E-state index in [1.807, 2.05) is 36.4 Å². The number of carbonyl (C=O) groups is 1. The Morgan fingerprint density at radius 1 is 1.11 bits per heavy atom. The van der Waals surface area contributed by atoms with Crippen LogP contribution in [-0.4, -0.2) is 29.1 Å². The number of anilines is 1. The first-order valence-corrected chi connectivity index (χ1v) is 9.00. The molecule has 1 N–H and O–H groups in total. The molecule has 134 valence electrons. The summed E-state index contributed by atoms with van der Waals surface area (Å²) in [7, 11) is 2.06. The lowest BCUT2D eigenvalue weighted by Crippen LogP contribution is -2.20. The van der Waals surface area contributed by atoms with Crippen molar-refractivity contribution < 1.29 is 14.3 Å². The Morgan fingerprint density at radius 2 is 1.93 bits per heavy atom. The summed E-state index contributed by atoms with van der Waals surface area (Å²) < 4.78 is 6.07. The Morgan fingerprint density at radius 3 is 2.67 bits per heavy atom. The molecular weight excluding hydrogens is 340 g/mol. The van der Waals surface area contributed by atoms with Gasteiger partial charge in [-0.1, -0.05) is 18.2 Å². The molecular formula is C22H18N2O3. The predicted molar refractivity (Wildman–Crippen MR) is 105 cm³/mol. The van der Waals surface area contributed by atoms with Crippen LogP contribution in [0.3, 0.4) is 0 Å². The third-order valence-electron chi connectivity index (χ3n) is 5.18. The van der Waals surface area contributed by atoms with Crippen molar-refractivity contribution in [1.82, 2.24) is 4.98 Å². The fraction of sp³-hybridized carbons (Fsp3) is 0.182. The third-order valence-corrected chi connectivity index (χ3v) is 5.18. The lowest BCUT2D eigenvalue weighted by atomic mass is 10.1. The van der Waals surface area contributed by atoms with E-state index in [1.165, 1.54) is 0 Å². The molecule has 0 spiro atoms. The molecule has 0 unspecified atom stereocenters. The van der Waals surface area contributed by atoms with Crippen molar-refractivity contribution in [3.05, 3.63) is 60.2 Å². The van der Waals surface area contributed by atoms with Crippen LogP contribution in [0.5, 0.6) is 0 Å². The summed E-state index contributed by atoms with van der Waals surface area (Å²) in [6.07, 6.45) is 2.31. The smallest absolute Gasteiger partial charge is 0.335 e. The predicted octanol–water partition coefficient (Wildman–Crippen LogP) is 4.94. The van der Waals surface area contributed by atoms with Gasteiger partial charge < -0.3 is 14.4 Å². The number of para-hydroxylation sites is 1. The highest BCUT2D eigenvalue weighted by Crippen LogP contribution is 2.39. The average molecular weight is 358 g/mol. The molecule has 1 fully saturated rings. The minimum atomic E-state index is -0.935. The highest BCUT2D eigenvalue weighted by atomic mass is 16.4. The van der Waals surface area contributed by atoms with Crippen molar-refractivity contribution in [2.45, 2.75) is 18.9 Å². The molecule has 0 amide bonds. The minimum Gasteiger partial charge on any atom is -0.478 e. The number of hydrogen-bond donors (Lipinski definition) is 1. The Hall–Kier alpha value is -3.34. The monoisotopic (exact) mass is 358 g/mol. The number of carboxylic acids is 1. The molecule has 0 aliphatic heterocycles. The fourth-order valence-electron chi connectivity index (χ4n) is 3.51. The van der Waals surface area contributed by atoms with Crippen LogP contribution in [0.2, 0.25) is 0 Å². The zero-order chi connectivity index (χ0) is 18.5. The third kappa shape index (κ3) is 2.72. The van der Waals surface area contributed by atoms with Crippen LogP contribution in [0.25, 0.3) is 33.3 Å². The number of pyridine rings is 1. The summed E-state index contributed by atoms with van der Waals surface area (Å²) in [5, 5.41) is 11.1. The normalized spacial score (nSPS) is 14.0. The number of aromatic nitrogens is 1. The molecule has 0 bridgehead atoms. The number of fused-ring (bicyclic) bond motifs is 2. The van der Waals surface area contributed by atoms with E-state index < -0.39 is 5.97 Å². The van der Waals surface area contributed by atoms with Crippen LogP contribution in [0.15, 0.2) is 59.0 Å². The molecule has 4 aromatic rings. The number of carboxylic acid groups (broad SMARTS) is 1. The van der Waals surface area contributed by atoms with Gasteiger partial charge in [-0.15, -0.1) is 0 Å². The topological polar surface area (TPSA) is 66.6 Å². The van der Waals surface area contributed by atoms with Crippen molar-refractivity contribution in [1.29, 1.82) is 0 Å². The van der Waals surface area contributed by atoms with Gasteiger partial charge in [0.2, 0.25) is 0 Å². The molecule has 0 atom stereocenters. The summed E-state index contributed by atoms with van der Waals surface area (Å²) in [5.41, 5.74) is 3.60.